The Balaban J connectivity index is 2.76. The highest BCUT2D eigenvalue weighted by atomic mass is 16.6. The van der Waals surface area contributed by atoms with Crippen LogP contribution in [0.1, 0.15) is 401 Å². The van der Waals surface area contributed by atoms with Crippen LogP contribution in [0.3, 0.4) is 0 Å². The molecule has 3 aromatic carbocycles. The number of aromatic carboxylic acids is 11. The van der Waals surface area contributed by atoms with Crippen molar-refractivity contribution in [1.82, 2.24) is 0 Å². The van der Waals surface area contributed by atoms with Crippen LogP contribution in [0.15, 0.2) is 0 Å². The smallest absolute Gasteiger partial charge is 0.347 e. The predicted molar refractivity (Wildman–Crippen MR) is 375 cm³/mol. The molecule has 11 N–H and O–H groups in total. The second-order valence-electron chi connectivity index (χ2n) is 26.9. The zero-order valence-electron chi connectivity index (χ0n) is 61.3. The number of carboxylic acid groups (broad SMARTS) is 11. The molecule has 0 spiro atoms. The molecule has 0 aromatic heterocycles. The Hall–Kier alpha value is -11.5. The van der Waals surface area contributed by atoms with Crippen LogP contribution in [0, 0.1) is 17.8 Å². The Morgan fingerprint density at radius 1 is 0.183 bits per heavy atom. The maximum Gasteiger partial charge on any atom is 0.347 e. The van der Waals surface area contributed by atoms with Gasteiger partial charge in [0.2, 0.25) is 0 Å². The van der Waals surface area contributed by atoms with Crippen molar-refractivity contribution in [2.24, 2.45) is 17.8 Å². The minimum absolute atomic E-state index is 0.0668. The van der Waals surface area contributed by atoms with Crippen molar-refractivity contribution in [2.45, 2.75) is 215 Å². The van der Waals surface area contributed by atoms with Crippen molar-refractivity contribution >= 4 is 107 Å². The fourth-order valence-corrected chi connectivity index (χ4v) is 12.3. The van der Waals surface area contributed by atoms with Gasteiger partial charge in [0.25, 0.3) is 0 Å². The Bertz CT molecular complexity index is 3890. The van der Waals surface area contributed by atoms with Crippen LogP contribution in [0.25, 0.3) is 0 Å². The minimum Gasteiger partial charge on any atom is -0.478 e. The molecule has 0 aliphatic rings. The van der Waals surface area contributed by atoms with Crippen molar-refractivity contribution in [3.05, 3.63) is 100 Å². The van der Waals surface area contributed by atoms with Crippen LogP contribution in [-0.2, 0) is 23.7 Å². The van der Waals surface area contributed by atoms with Gasteiger partial charge in [0.15, 0.2) is 0 Å². The van der Waals surface area contributed by atoms with Crippen LogP contribution in [0.4, 0.5) is 0 Å². The number of hydrogen-bond donors (Lipinski definition) is 11. The molecule has 0 saturated carbocycles. The molecule has 0 unspecified atom stereocenters. The summed E-state index contributed by atoms with van der Waals surface area (Å²) in [6.45, 7) is 10.2. The first-order valence-corrected chi connectivity index (χ1v) is 35.6. The van der Waals surface area contributed by atoms with E-state index in [0.717, 1.165) is 96.3 Å². The maximum absolute atomic E-state index is 15.5. The second-order valence-corrected chi connectivity index (χ2v) is 26.9. The molecule has 0 saturated heterocycles. The van der Waals surface area contributed by atoms with Gasteiger partial charge >= 0.3 is 107 Å². The van der Waals surface area contributed by atoms with Crippen molar-refractivity contribution in [3.63, 3.8) is 0 Å². The summed E-state index contributed by atoms with van der Waals surface area (Å²) in [7, 11) is 0. The Morgan fingerprint density at radius 3 is 0.477 bits per heavy atom. The molecule has 34 nitrogen and oxygen atoms in total. The van der Waals surface area contributed by atoms with Crippen LogP contribution in [-0.4, -0.2) is 183 Å². The van der Waals surface area contributed by atoms with Crippen LogP contribution < -0.4 is 0 Å². The van der Waals surface area contributed by atoms with Gasteiger partial charge in [-0.2, -0.15) is 0 Å². The maximum atomic E-state index is 15.5. The molecule has 0 aliphatic carbocycles. The van der Waals surface area contributed by atoms with E-state index in [1.807, 2.05) is 0 Å². The first-order chi connectivity index (χ1) is 51.3. The van der Waals surface area contributed by atoms with Crippen LogP contribution in [0.5, 0.6) is 0 Å². The number of esters is 7. The molecule has 109 heavy (non-hydrogen) atoms. The molecule has 0 fully saturated rings. The summed E-state index contributed by atoms with van der Waals surface area (Å²) in [4.78, 5) is 249. The van der Waals surface area contributed by atoms with E-state index in [-0.39, 0.29) is 38.5 Å². The molecular weight excluding hydrogens is 1440 g/mol. The van der Waals surface area contributed by atoms with Crippen molar-refractivity contribution < 1.29 is 166 Å². The lowest BCUT2D eigenvalue weighted by Gasteiger charge is -2.22. The molecule has 596 valence electrons. The topological polar surface area (TPSA) is 576 Å². The van der Waals surface area contributed by atoms with Gasteiger partial charge in [-0.15, -0.1) is 0 Å². The Labute approximate surface area is 624 Å². The quantitative estimate of drug-likeness (QED) is 0.0108. The number of unbranched alkanes of at least 4 members (excludes halogenated alkanes) is 21. The number of carbonyl (C=O) groups excluding carboxylic acids is 7. The van der Waals surface area contributed by atoms with Crippen LogP contribution >= 0.6 is 0 Å². The fourth-order valence-electron chi connectivity index (χ4n) is 12.3. The third kappa shape index (κ3) is 25.9. The van der Waals surface area contributed by atoms with E-state index in [9.17, 15) is 119 Å². The third-order valence-electron chi connectivity index (χ3n) is 17.4. The van der Waals surface area contributed by atoms with Gasteiger partial charge in [-0.25, -0.2) is 86.3 Å². The molecule has 34 heteroatoms. The lowest BCUT2D eigenvalue weighted by Crippen LogP contribution is -2.33. The molecule has 0 heterocycles. The lowest BCUT2D eigenvalue weighted by molar-refractivity contribution is 0.0339. The number of benzene rings is 3. The summed E-state index contributed by atoms with van der Waals surface area (Å²) in [5, 5.41) is 114. The highest BCUT2D eigenvalue weighted by Gasteiger charge is 2.48. The van der Waals surface area contributed by atoms with Gasteiger partial charge in [-0.1, -0.05) is 196 Å². The number of ether oxygens (including phenoxy) is 5. The standard InChI is InChI=1S/C75H92O34/c1-37(2)31-25-19-13-7-10-16-22-28-34-105-69(98)53-50(68(96)97)54(74(103)108-72(101)51-46(64(88)89)42(60(80)81)40(58(76)77)43(61(82)83)47(51)65(90)91)57(75(104)109-73(102)52-48(66(92)93)44(62(84)85)41(59(78)79)45(63(86)87)49(52)67(94)95)56(71(100)107-36-30-24-18-12-9-15-21-27-33-39(5)6)55(53)70(99)106-35-29-23-17-11-8-14-20-26-32-38(3)4/h37-39H,7-36H2,1-6H3,(H,76,77)(H,78,79)(H,80,81)(H,82,83)(H,84,85)(H,86,87)(H,88,89)(H,90,91)(H,92,93)(H,94,95)(H,96,97). The first-order valence-electron chi connectivity index (χ1n) is 35.6. The Morgan fingerprint density at radius 2 is 0.303 bits per heavy atom. The fraction of sp³-hybridized carbons (Fsp3) is 0.520. The van der Waals surface area contributed by atoms with Crippen LogP contribution in [0.2, 0.25) is 0 Å². The number of carbonyl (C=O) groups is 18. The summed E-state index contributed by atoms with van der Waals surface area (Å²) >= 11 is 0. The summed E-state index contributed by atoms with van der Waals surface area (Å²) in [5.74, 6) is -47.0. The van der Waals surface area contributed by atoms with E-state index in [1.165, 1.54) is 0 Å². The summed E-state index contributed by atoms with van der Waals surface area (Å²) in [6, 6.07) is 0. The van der Waals surface area contributed by atoms with Gasteiger partial charge in [-0.3, -0.25) is 0 Å². The molecular formula is C75H92O34. The molecule has 0 aliphatic heterocycles. The largest absolute Gasteiger partial charge is 0.478 e. The van der Waals surface area contributed by atoms with Gasteiger partial charge in [0.05, 0.1) is 120 Å². The lowest BCUT2D eigenvalue weighted by atomic mass is 9.85. The summed E-state index contributed by atoms with van der Waals surface area (Å²) in [6.07, 6.45) is 17.4. The van der Waals surface area contributed by atoms with E-state index >= 15 is 24.0 Å². The highest BCUT2D eigenvalue weighted by Crippen LogP contribution is 2.38. The van der Waals surface area contributed by atoms with E-state index in [0.29, 0.717) is 56.3 Å². The number of rotatable bonds is 51. The zero-order valence-corrected chi connectivity index (χ0v) is 61.3. The molecule has 0 amide bonds. The van der Waals surface area contributed by atoms with E-state index in [1.54, 1.807) is 0 Å². The first kappa shape index (κ1) is 91.7. The van der Waals surface area contributed by atoms with Crippen molar-refractivity contribution in [2.75, 3.05) is 19.8 Å². The summed E-state index contributed by atoms with van der Waals surface area (Å²) in [5.41, 5.74) is -39.7. The summed E-state index contributed by atoms with van der Waals surface area (Å²) < 4.78 is 26.2. The third-order valence-corrected chi connectivity index (χ3v) is 17.4. The molecule has 0 radical (unpaired) electrons. The monoisotopic (exact) mass is 1540 g/mol. The average Bonchev–Trinajstić information content (AvgIpc) is 0.738. The average molecular weight is 1540 g/mol. The van der Waals surface area contributed by atoms with E-state index in [4.69, 9.17) is 23.7 Å². The number of hydrogen-bond acceptors (Lipinski definition) is 23. The van der Waals surface area contributed by atoms with Crippen molar-refractivity contribution in [3.8, 4) is 0 Å². The molecule has 3 rings (SSSR count). The van der Waals surface area contributed by atoms with Crippen molar-refractivity contribution in [1.29, 1.82) is 0 Å². The second kappa shape index (κ2) is 44.6. The molecule has 0 bridgehead atoms. The number of carboxylic acids is 11. The minimum atomic E-state index is -2.98. The SMILES string of the molecule is CC(C)CCCCCCCCCCOC(=O)c1c(C(=O)O)c(C(=O)OC(=O)c2c(C(=O)O)c(C(=O)O)c(C(=O)O)c(C(=O)O)c2C(=O)O)c(C(=O)OC(=O)c2c(C(=O)O)c(C(=O)O)c(C(=O)O)c(C(=O)O)c2C(=O)O)c(C(=O)OCCCCCCCCCCC(C)C)c1C(=O)OCCCCCCCCCCC(C)C. The predicted octanol–water partition coefficient (Wildman–Crippen LogP) is 13.3. The molecule has 0 atom stereocenters. The zero-order chi connectivity index (χ0) is 82.3. The highest BCUT2D eigenvalue weighted by molar-refractivity contribution is 6.29. The van der Waals surface area contributed by atoms with E-state index in [2.05, 4.69) is 41.5 Å². The normalized spacial score (nSPS) is 11.1. The Kier molecular flexibility index (Phi) is 37.5. The van der Waals surface area contributed by atoms with Gasteiger partial charge in [0.1, 0.15) is 0 Å². The van der Waals surface area contributed by atoms with Gasteiger partial charge < -0.3 is 79.9 Å². The van der Waals surface area contributed by atoms with E-state index < -0.39 is 227 Å². The molecule has 3 aromatic rings. The van der Waals surface area contributed by atoms with Gasteiger partial charge in [-0.05, 0) is 37.0 Å². The van der Waals surface area contributed by atoms with Gasteiger partial charge in [0, 0.05) is 0 Å².